The van der Waals surface area contributed by atoms with E-state index in [0.717, 1.165) is 55.2 Å². The fraction of sp³-hybridized carbons (Fsp3) is 0.182. The lowest BCUT2D eigenvalue weighted by molar-refractivity contribution is -0.159. The maximum Gasteiger partial charge on any atom is 0.320 e. The Morgan fingerprint density at radius 2 is 1.38 bits per heavy atom. The summed E-state index contributed by atoms with van der Waals surface area (Å²) in [6.07, 6.45) is 0.605. The predicted octanol–water partition coefficient (Wildman–Crippen LogP) is 6.96. The highest BCUT2D eigenvalue weighted by molar-refractivity contribution is 6.12. The number of aromatic nitrogens is 1. The number of carbonyl (C=O) groups is 2. The summed E-state index contributed by atoms with van der Waals surface area (Å²) in [6, 6.07) is 30.7. The van der Waals surface area contributed by atoms with Crippen LogP contribution in [0.1, 0.15) is 25.0 Å². The predicted molar refractivity (Wildman–Crippen MR) is 147 cm³/mol. The highest BCUT2D eigenvalue weighted by Gasteiger charge is 2.51. The lowest BCUT2D eigenvalue weighted by Gasteiger charge is -2.23. The molecule has 4 aromatic carbocycles. The topological polar surface area (TPSA) is 56.3 Å². The van der Waals surface area contributed by atoms with Gasteiger partial charge >= 0.3 is 5.97 Å². The molecule has 0 saturated carbocycles. The van der Waals surface area contributed by atoms with Crippen molar-refractivity contribution >= 4 is 33.6 Å². The van der Waals surface area contributed by atoms with Crippen molar-refractivity contribution < 1.29 is 14.3 Å². The van der Waals surface area contributed by atoms with Crippen LogP contribution in [-0.2, 0) is 27.2 Å². The Morgan fingerprint density at radius 3 is 2.00 bits per heavy atom. The van der Waals surface area contributed by atoms with Crippen molar-refractivity contribution in [2.75, 3.05) is 6.61 Å². The van der Waals surface area contributed by atoms with Crippen LogP contribution in [0.3, 0.4) is 0 Å². The van der Waals surface area contributed by atoms with Crippen LogP contribution >= 0.6 is 0 Å². The minimum atomic E-state index is -1.25. The van der Waals surface area contributed by atoms with E-state index >= 15 is 0 Å². The maximum absolute atomic E-state index is 13.4. The summed E-state index contributed by atoms with van der Waals surface area (Å²) >= 11 is 0. The molecule has 1 aromatic heterocycles. The number of nitrogens with zero attached hydrogens (tertiary/aromatic N) is 1. The number of Topliss-reactive ketones (excluding diaryl/α,β-unsaturated/α-hetero) is 1. The van der Waals surface area contributed by atoms with E-state index in [2.05, 4.69) is 36.4 Å². The molecule has 6 rings (SSSR count). The molecular formula is C33H27NO3. The number of ketones is 1. The quantitative estimate of drug-likeness (QED) is 0.153. The third-order valence-corrected chi connectivity index (χ3v) is 7.62. The van der Waals surface area contributed by atoms with Crippen molar-refractivity contribution in [3.05, 3.63) is 102 Å². The second-order valence-electron chi connectivity index (χ2n) is 9.73. The van der Waals surface area contributed by atoms with Gasteiger partial charge in [-0.1, -0.05) is 78.9 Å². The number of fused-ring (bicyclic) bond motifs is 3. The molecule has 0 aliphatic heterocycles. The minimum Gasteiger partial charge on any atom is -0.465 e. The third kappa shape index (κ3) is 3.63. The summed E-state index contributed by atoms with van der Waals surface area (Å²) < 4.78 is 5.50. The van der Waals surface area contributed by atoms with Crippen molar-refractivity contribution in [2.45, 2.75) is 26.7 Å². The number of rotatable bonds is 5. The SMILES string of the molecule is CCOC(=O)C1(C(C)=O)Cc2c(c(-c3ccccc3)c3nc4ccccc4cc3c2-c2ccccc2)C1. The molecule has 0 amide bonds. The fourth-order valence-electron chi connectivity index (χ4n) is 5.82. The van der Waals surface area contributed by atoms with Gasteiger partial charge in [-0.2, -0.15) is 0 Å². The summed E-state index contributed by atoms with van der Waals surface area (Å²) in [4.78, 5) is 31.8. The van der Waals surface area contributed by atoms with Gasteiger partial charge in [0.25, 0.3) is 0 Å². The molecule has 5 aromatic rings. The molecule has 0 bridgehead atoms. The van der Waals surface area contributed by atoms with Gasteiger partial charge in [0.2, 0.25) is 0 Å². The van der Waals surface area contributed by atoms with Crippen molar-refractivity contribution in [3.8, 4) is 22.3 Å². The van der Waals surface area contributed by atoms with Crippen LogP contribution < -0.4 is 0 Å². The number of benzene rings is 4. The molecule has 0 fully saturated rings. The molecule has 1 aliphatic carbocycles. The molecule has 37 heavy (non-hydrogen) atoms. The number of pyridine rings is 1. The van der Waals surface area contributed by atoms with E-state index < -0.39 is 11.4 Å². The van der Waals surface area contributed by atoms with E-state index in [1.165, 1.54) is 6.92 Å². The number of hydrogen-bond acceptors (Lipinski definition) is 4. The van der Waals surface area contributed by atoms with Gasteiger partial charge in [0, 0.05) is 16.3 Å². The monoisotopic (exact) mass is 485 g/mol. The van der Waals surface area contributed by atoms with Crippen LogP contribution in [0.4, 0.5) is 0 Å². The molecule has 0 N–H and O–H groups in total. The Hall–Kier alpha value is -4.31. The Labute approximate surface area is 215 Å². The fourth-order valence-corrected chi connectivity index (χ4v) is 5.82. The molecule has 4 nitrogen and oxygen atoms in total. The van der Waals surface area contributed by atoms with E-state index in [1.807, 2.05) is 54.6 Å². The Kier molecular flexibility index (Phi) is 5.60. The normalized spacial score (nSPS) is 16.6. The highest BCUT2D eigenvalue weighted by atomic mass is 16.5. The number of carbonyl (C=O) groups excluding carboxylic acids is 2. The van der Waals surface area contributed by atoms with Crippen LogP contribution in [0.25, 0.3) is 44.1 Å². The molecule has 0 radical (unpaired) electrons. The van der Waals surface area contributed by atoms with E-state index in [0.29, 0.717) is 12.8 Å². The Bertz CT molecular complexity index is 1570. The number of hydrogen-bond donors (Lipinski definition) is 0. The smallest absolute Gasteiger partial charge is 0.320 e. The second-order valence-corrected chi connectivity index (χ2v) is 9.73. The molecule has 4 heteroatoms. The first kappa shape index (κ1) is 23.1. The first-order valence-corrected chi connectivity index (χ1v) is 12.7. The van der Waals surface area contributed by atoms with Crippen molar-refractivity contribution in [1.82, 2.24) is 4.98 Å². The van der Waals surface area contributed by atoms with E-state index in [9.17, 15) is 9.59 Å². The average Bonchev–Trinajstić information content (AvgIpc) is 3.33. The maximum atomic E-state index is 13.4. The van der Waals surface area contributed by atoms with Crippen molar-refractivity contribution in [3.63, 3.8) is 0 Å². The molecule has 182 valence electrons. The van der Waals surface area contributed by atoms with Gasteiger partial charge in [-0.25, -0.2) is 4.98 Å². The molecule has 1 aliphatic rings. The average molecular weight is 486 g/mol. The van der Waals surface area contributed by atoms with E-state index in [-0.39, 0.29) is 12.4 Å². The molecular weight excluding hydrogens is 458 g/mol. The first-order chi connectivity index (χ1) is 18.0. The zero-order valence-electron chi connectivity index (χ0n) is 21.0. The van der Waals surface area contributed by atoms with Crippen LogP contribution in [0.2, 0.25) is 0 Å². The summed E-state index contributed by atoms with van der Waals surface area (Å²) in [5, 5.41) is 2.07. The minimum absolute atomic E-state index is 0.164. The molecule has 1 unspecified atom stereocenters. The van der Waals surface area contributed by atoms with Crippen LogP contribution in [0.5, 0.6) is 0 Å². The molecule has 0 saturated heterocycles. The summed E-state index contributed by atoms with van der Waals surface area (Å²) in [7, 11) is 0. The number of esters is 1. The van der Waals surface area contributed by atoms with Gasteiger partial charge in [0.1, 0.15) is 11.2 Å². The molecule has 1 atom stereocenters. The second kappa shape index (κ2) is 8.97. The van der Waals surface area contributed by atoms with Crippen molar-refractivity contribution in [1.29, 1.82) is 0 Å². The largest absolute Gasteiger partial charge is 0.465 e. The van der Waals surface area contributed by atoms with Gasteiger partial charge in [-0.05, 0) is 66.6 Å². The standard InChI is InChI=1S/C33H27NO3/c1-3-37-32(36)33(21(2)35)19-26-27(20-33)30(23-14-8-5-9-15-23)31-25(29(26)22-12-6-4-7-13-22)18-24-16-10-11-17-28(24)34-31/h4-18H,3,19-20H2,1-2H3. The number of para-hydroxylation sites is 1. The third-order valence-electron chi connectivity index (χ3n) is 7.62. The summed E-state index contributed by atoms with van der Waals surface area (Å²) in [6.45, 7) is 3.53. The van der Waals surface area contributed by atoms with Gasteiger partial charge in [0.15, 0.2) is 0 Å². The molecule has 1 heterocycles. The zero-order chi connectivity index (χ0) is 25.6. The summed E-state index contributed by atoms with van der Waals surface area (Å²) in [5.41, 5.74) is 6.67. The Morgan fingerprint density at radius 1 is 0.811 bits per heavy atom. The first-order valence-electron chi connectivity index (χ1n) is 12.7. The number of ether oxygens (including phenoxy) is 1. The zero-order valence-corrected chi connectivity index (χ0v) is 21.0. The Balaban J connectivity index is 1.78. The van der Waals surface area contributed by atoms with Crippen LogP contribution in [-0.4, -0.2) is 23.3 Å². The van der Waals surface area contributed by atoms with Gasteiger partial charge in [-0.3, -0.25) is 9.59 Å². The highest BCUT2D eigenvalue weighted by Crippen LogP contribution is 2.51. The summed E-state index contributed by atoms with van der Waals surface area (Å²) in [5.74, 6) is -0.610. The lowest BCUT2D eigenvalue weighted by atomic mass is 9.80. The van der Waals surface area contributed by atoms with Crippen LogP contribution in [0.15, 0.2) is 91.0 Å². The molecule has 0 spiro atoms. The van der Waals surface area contributed by atoms with E-state index in [1.54, 1.807) is 6.92 Å². The van der Waals surface area contributed by atoms with E-state index in [4.69, 9.17) is 9.72 Å². The van der Waals surface area contributed by atoms with Crippen LogP contribution in [0, 0.1) is 5.41 Å². The van der Waals surface area contributed by atoms with Gasteiger partial charge < -0.3 is 4.74 Å². The van der Waals surface area contributed by atoms with Gasteiger partial charge in [-0.15, -0.1) is 0 Å². The van der Waals surface area contributed by atoms with Gasteiger partial charge in [0.05, 0.1) is 17.6 Å². The van der Waals surface area contributed by atoms with Crippen molar-refractivity contribution in [2.24, 2.45) is 5.41 Å². The lowest BCUT2D eigenvalue weighted by Crippen LogP contribution is -2.40.